The van der Waals surface area contributed by atoms with Gasteiger partial charge in [-0.25, -0.2) is 19.2 Å². The van der Waals surface area contributed by atoms with E-state index in [1.807, 2.05) is 25.7 Å². The summed E-state index contributed by atoms with van der Waals surface area (Å²) in [6, 6.07) is 0. The Morgan fingerprint density at radius 1 is 0.818 bits per heavy atom. The number of carbonyl (C=O) groups is 5. The van der Waals surface area contributed by atoms with E-state index in [2.05, 4.69) is 14.1 Å². The van der Waals surface area contributed by atoms with Crippen molar-refractivity contribution in [1.29, 1.82) is 0 Å². The van der Waals surface area contributed by atoms with E-state index >= 15 is 0 Å². The van der Waals surface area contributed by atoms with Crippen molar-refractivity contribution in [2.45, 2.75) is 91.4 Å². The van der Waals surface area contributed by atoms with Gasteiger partial charge in [0.2, 0.25) is 5.82 Å². The van der Waals surface area contributed by atoms with Gasteiger partial charge in [0.1, 0.15) is 12.7 Å². The lowest BCUT2D eigenvalue weighted by molar-refractivity contribution is -0.185. The number of hydrogen-bond acceptors (Lipinski definition) is 17. The summed E-state index contributed by atoms with van der Waals surface area (Å²) in [5.41, 5.74) is -0.298. The van der Waals surface area contributed by atoms with Crippen LogP contribution in [-0.2, 0) is 52.4 Å². The number of ether oxygens (including phenoxy) is 7. The molecule has 1 fully saturated rings. The van der Waals surface area contributed by atoms with Gasteiger partial charge in [0.15, 0.2) is 24.4 Å². The number of carbonyl (C=O) groups excluding carboxylic acids is 5. The van der Waals surface area contributed by atoms with Crippen molar-refractivity contribution in [3.8, 4) is 5.88 Å². The van der Waals surface area contributed by atoms with Crippen LogP contribution in [0, 0.1) is 0 Å². The van der Waals surface area contributed by atoms with Crippen LogP contribution < -0.4 is 15.0 Å². The second-order valence-corrected chi connectivity index (χ2v) is 11.5. The monoisotopic (exact) mass is 646 g/mol. The molecule has 17 heteroatoms. The molecule has 16 nitrogen and oxygen atoms in total. The van der Waals surface area contributed by atoms with Crippen LogP contribution in [0.1, 0.15) is 55.4 Å². The summed E-state index contributed by atoms with van der Waals surface area (Å²) in [5.74, 6) is -3.71. The van der Waals surface area contributed by atoms with Crippen molar-refractivity contribution in [2.75, 3.05) is 44.4 Å². The highest BCUT2D eigenvalue weighted by Gasteiger charge is 2.31. The number of morpholine rings is 1. The smallest absolute Gasteiger partial charge is 0.347 e. The standard InChI is InChI=1S/C27H42N4O12S/c1-15(39-19(5)32)23(33)40-16(2)24(34)41-17(3)25(35)42-18(4)26(36)43-20(13-28-27(6,7)8)14-38-22-21(29-44-30-22)31-9-11-37-12-10-31/h15-18,20,28H,9-14H2,1-8H3/t15?,16?,17?,18?,20-/m0/s1. The minimum absolute atomic E-state index is 0.0566. The Kier molecular flexibility index (Phi) is 14.2. The van der Waals surface area contributed by atoms with Gasteiger partial charge in [-0.1, -0.05) is 0 Å². The lowest BCUT2D eigenvalue weighted by Gasteiger charge is -2.28. The summed E-state index contributed by atoms with van der Waals surface area (Å²) >= 11 is 1.00. The van der Waals surface area contributed by atoms with Crippen molar-refractivity contribution in [3.63, 3.8) is 0 Å². The molecule has 4 unspecified atom stereocenters. The van der Waals surface area contributed by atoms with Gasteiger partial charge in [-0.2, -0.15) is 4.37 Å². The third-order valence-electron chi connectivity index (χ3n) is 5.85. The molecule has 0 radical (unpaired) electrons. The number of anilines is 1. The zero-order valence-corrected chi connectivity index (χ0v) is 27.1. The maximum absolute atomic E-state index is 12.9. The maximum atomic E-state index is 12.9. The zero-order chi connectivity index (χ0) is 33.0. The molecule has 0 bridgehead atoms. The predicted octanol–water partition coefficient (Wildman–Crippen LogP) is 0.800. The van der Waals surface area contributed by atoms with Gasteiger partial charge in [0.25, 0.3) is 5.88 Å². The van der Waals surface area contributed by atoms with E-state index in [0.717, 1.165) is 18.7 Å². The quantitative estimate of drug-likeness (QED) is 0.208. The summed E-state index contributed by atoms with van der Waals surface area (Å²) in [7, 11) is 0. The number of esters is 5. The van der Waals surface area contributed by atoms with Crippen molar-refractivity contribution in [2.24, 2.45) is 0 Å². The van der Waals surface area contributed by atoms with E-state index in [1.54, 1.807) is 0 Å². The second kappa shape index (κ2) is 17.1. The molecule has 0 aliphatic carbocycles. The Morgan fingerprint density at radius 2 is 1.30 bits per heavy atom. The molecule has 5 atom stereocenters. The van der Waals surface area contributed by atoms with Gasteiger partial charge in [-0.15, -0.1) is 4.37 Å². The molecule has 0 saturated carbocycles. The maximum Gasteiger partial charge on any atom is 0.347 e. The first-order valence-corrected chi connectivity index (χ1v) is 14.8. The third kappa shape index (κ3) is 12.6. The van der Waals surface area contributed by atoms with Gasteiger partial charge in [0, 0.05) is 32.1 Å². The highest BCUT2D eigenvalue weighted by atomic mass is 32.1. The normalized spacial score (nSPS) is 16.9. The van der Waals surface area contributed by atoms with Gasteiger partial charge in [0.05, 0.1) is 24.9 Å². The minimum atomic E-state index is -1.44. The fourth-order valence-electron chi connectivity index (χ4n) is 3.47. The first kappa shape index (κ1) is 36.6. The Bertz CT molecular complexity index is 1130. The molecule has 0 spiro atoms. The van der Waals surface area contributed by atoms with Crippen LogP contribution in [0.25, 0.3) is 0 Å². The summed E-state index contributed by atoms with van der Waals surface area (Å²) in [6.45, 7) is 14.6. The molecule has 1 aromatic heterocycles. The van der Waals surface area contributed by atoms with E-state index in [9.17, 15) is 24.0 Å². The van der Waals surface area contributed by atoms with Crippen LogP contribution in [0.2, 0.25) is 0 Å². The number of nitrogens with one attached hydrogen (secondary N) is 1. The zero-order valence-electron chi connectivity index (χ0n) is 26.3. The predicted molar refractivity (Wildman–Crippen MR) is 154 cm³/mol. The molecular formula is C27H42N4O12S. The van der Waals surface area contributed by atoms with Gasteiger partial charge < -0.3 is 43.4 Å². The summed E-state index contributed by atoms with van der Waals surface area (Å²) in [6.07, 6.45) is -6.24. The van der Waals surface area contributed by atoms with Crippen molar-refractivity contribution in [1.82, 2.24) is 14.1 Å². The molecule has 0 amide bonds. The highest BCUT2D eigenvalue weighted by Crippen LogP contribution is 2.26. The van der Waals surface area contributed by atoms with Crippen LogP contribution in [0.5, 0.6) is 5.88 Å². The SMILES string of the molecule is CC(=O)OC(C)C(=O)OC(C)C(=O)OC(C)C(=O)OC(C)C(=O)O[C@@H](CNC(C)(C)C)COc1nsnc1N1CCOCC1. The number of hydrogen-bond donors (Lipinski definition) is 1. The Balaban J connectivity index is 1.92. The van der Waals surface area contributed by atoms with Crippen LogP contribution in [0.15, 0.2) is 0 Å². The third-order valence-corrected chi connectivity index (χ3v) is 6.35. The lowest BCUT2D eigenvalue weighted by atomic mass is 10.1. The summed E-state index contributed by atoms with van der Waals surface area (Å²) < 4.78 is 45.2. The molecular weight excluding hydrogens is 604 g/mol. The van der Waals surface area contributed by atoms with E-state index in [4.69, 9.17) is 33.2 Å². The molecule has 1 aromatic rings. The molecule has 44 heavy (non-hydrogen) atoms. The topological polar surface area (TPSA) is 191 Å². The van der Waals surface area contributed by atoms with E-state index in [-0.39, 0.29) is 18.7 Å². The second-order valence-electron chi connectivity index (χ2n) is 11.0. The Labute approximate surface area is 260 Å². The molecule has 1 N–H and O–H groups in total. The number of nitrogens with zero attached hydrogens (tertiary/aromatic N) is 3. The van der Waals surface area contributed by atoms with Crippen molar-refractivity contribution in [3.05, 3.63) is 0 Å². The van der Waals surface area contributed by atoms with Crippen LogP contribution >= 0.6 is 11.7 Å². The number of rotatable bonds is 15. The van der Waals surface area contributed by atoms with E-state index < -0.39 is 60.4 Å². The molecule has 1 aliphatic heterocycles. The van der Waals surface area contributed by atoms with Gasteiger partial charge in [-0.3, -0.25) is 4.79 Å². The first-order chi connectivity index (χ1) is 20.6. The van der Waals surface area contributed by atoms with Crippen LogP contribution in [0.4, 0.5) is 5.82 Å². The summed E-state index contributed by atoms with van der Waals surface area (Å²) in [4.78, 5) is 62.7. The highest BCUT2D eigenvalue weighted by molar-refractivity contribution is 6.99. The molecule has 0 aromatic carbocycles. The van der Waals surface area contributed by atoms with Crippen molar-refractivity contribution >= 4 is 47.4 Å². The molecule has 2 heterocycles. The van der Waals surface area contributed by atoms with Crippen molar-refractivity contribution < 1.29 is 57.1 Å². The summed E-state index contributed by atoms with van der Waals surface area (Å²) in [5, 5.41) is 3.25. The number of aromatic nitrogens is 2. The fraction of sp³-hybridized carbons (Fsp3) is 0.741. The first-order valence-electron chi connectivity index (χ1n) is 14.1. The Morgan fingerprint density at radius 3 is 1.77 bits per heavy atom. The average Bonchev–Trinajstić information content (AvgIpc) is 3.42. The minimum Gasteiger partial charge on any atom is -0.470 e. The Hall–Kier alpha value is -3.57. The molecule has 248 valence electrons. The van der Waals surface area contributed by atoms with Crippen LogP contribution in [-0.4, -0.2) is 114 Å². The average molecular weight is 647 g/mol. The van der Waals surface area contributed by atoms with E-state index in [0.29, 0.717) is 38.0 Å². The van der Waals surface area contributed by atoms with Crippen LogP contribution in [0.3, 0.4) is 0 Å². The largest absolute Gasteiger partial charge is 0.470 e. The molecule has 1 saturated heterocycles. The fourth-order valence-corrected chi connectivity index (χ4v) is 3.99. The van der Waals surface area contributed by atoms with Gasteiger partial charge in [-0.05, 0) is 48.5 Å². The van der Waals surface area contributed by atoms with Gasteiger partial charge >= 0.3 is 29.8 Å². The molecule has 1 aliphatic rings. The van der Waals surface area contributed by atoms with E-state index in [1.165, 1.54) is 27.7 Å². The lowest BCUT2D eigenvalue weighted by Crippen LogP contribution is -2.45. The molecule has 2 rings (SSSR count).